The number of fused-ring (bicyclic) bond motifs is 3. The monoisotopic (exact) mass is 784 g/mol. The fourth-order valence-corrected chi connectivity index (χ4v) is 8.15. The molecular weight excluding hydrogens is 709 g/mol. The van der Waals surface area contributed by atoms with E-state index < -0.39 is 338 Å². The molecule has 0 unspecified atom stereocenters. The standard InChI is InChI=1S/C59H38/c1-59(2)52-17-7-6-16-46(52)47-29-26-42(34-53(47)59)50-32-43(44-27-22-40-20-18-36-12-8-14-38-24-30-48(44)57(40)54(36)38)33-51(56(50)35-10-4-3-5-11-35)45-28-23-41-21-19-37-13-9-15-39-25-31-49(45)58(41)55(37)39/h3-34H,1-2H3/i1D3,2D3,3D,4D,5D,6D,7D,8D,9D,10D,11D,12D,13D,14D,15D,16D,17D,18D,19D,20D,21D,22D,23D,24D,25D,26D,27D,28D,29D,30D,32D,33D,34D. The van der Waals surface area contributed by atoms with Crippen molar-refractivity contribution in [1.29, 1.82) is 0 Å². The molecule has 0 heteroatoms. The zero-order valence-electron chi connectivity index (χ0n) is 66.6. The number of hydrogen-bond donors (Lipinski definition) is 0. The molecule has 0 saturated carbocycles. The molecule has 59 heavy (non-hydrogen) atoms. The van der Waals surface area contributed by atoms with Crippen molar-refractivity contribution in [2.75, 3.05) is 0 Å². The van der Waals surface area contributed by atoms with Crippen LogP contribution in [-0.2, 0) is 5.41 Å². The summed E-state index contributed by atoms with van der Waals surface area (Å²) in [5, 5.41) is -6.84. The Morgan fingerprint density at radius 2 is 0.898 bits per heavy atom. The van der Waals surface area contributed by atoms with Gasteiger partial charge in [0.2, 0.25) is 0 Å². The predicted molar refractivity (Wildman–Crippen MR) is 253 cm³/mol. The molecule has 0 nitrogen and oxygen atoms in total. The van der Waals surface area contributed by atoms with Crippen LogP contribution in [0.1, 0.15) is 75.5 Å². The number of hydrogen-bond acceptors (Lipinski definition) is 0. The molecule has 0 N–H and O–H groups in total. The minimum absolute atomic E-state index is 0.430. The first kappa shape index (κ1) is 13.1. The summed E-state index contributed by atoms with van der Waals surface area (Å²) in [6.07, 6.45) is 0. The van der Waals surface area contributed by atoms with Gasteiger partial charge in [-0.25, -0.2) is 0 Å². The van der Waals surface area contributed by atoms with E-state index in [1.54, 1.807) is 0 Å². The SMILES string of the molecule is [2H]c1c([2H])c([2H])c(-c2c(-c3c([2H])c([2H])c4c(c3[2H])C(C([2H])([2H])[2H])(C([2H])([2H])[2H])c3c([2H])c([2H])c([2H])c([2H])c3-4)c([2H])c(-c3c([2H])c([2H])c4c([2H])c([2H])c5c([2H])c([2H])c([2H])c6c([2H])c([2H])c3c4c56)c([2H])c2-c2c([2H])c([2H])c3c([2H])c([2H])c4c([2H])c([2H])c([2H])c5c([2H])cc2c3c54)c([2H])c1[2H]. The van der Waals surface area contributed by atoms with Crippen molar-refractivity contribution in [3.05, 3.63) is 205 Å². The topological polar surface area (TPSA) is 0 Å². The fraction of sp³-hybridized carbons (Fsp3) is 0.0508. The largest absolute Gasteiger partial charge is 0.0636 e. The Morgan fingerprint density at radius 1 is 0.339 bits per heavy atom. The van der Waals surface area contributed by atoms with Crippen LogP contribution in [0.3, 0.4) is 0 Å². The van der Waals surface area contributed by atoms with Crippen LogP contribution in [-0.4, -0.2) is 0 Å². The van der Waals surface area contributed by atoms with Gasteiger partial charge >= 0.3 is 0 Å². The van der Waals surface area contributed by atoms with Crippen LogP contribution in [0.4, 0.5) is 0 Å². The molecule has 1 aliphatic rings. The van der Waals surface area contributed by atoms with Crippen molar-refractivity contribution in [2.24, 2.45) is 0 Å². The molecule has 274 valence electrons. The zero-order valence-corrected chi connectivity index (χ0v) is 29.6. The van der Waals surface area contributed by atoms with Gasteiger partial charge in [-0.3, -0.25) is 0 Å². The van der Waals surface area contributed by atoms with E-state index in [0.717, 1.165) is 6.07 Å². The summed E-state index contributed by atoms with van der Waals surface area (Å²) in [5.74, 6) is 0. The lowest BCUT2D eigenvalue weighted by Gasteiger charge is -2.24. The quantitative estimate of drug-likeness (QED) is 0.156. The Hall–Kier alpha value is -7.28. The van der Waals surface area contributed by atoms with Crippen LogP contribution in [0, 0.1) is 0 Å². The Morgan fingerprint density at radius 3 is 1.63 bits per heavy atom. The highest BCUT2D eigenvalue weighted by atomic mass is 14.4. The highest BCUT2D eigenvalue weighted by Crippen LogP contribution is 2.52. The first-order chi connectivity index (χ1) is 44.5. The van der Waals surface area contributed by atoms with E-state index in [9.17, 15) is 23.3 Å². The average Bonchev–Trinajstić information content (AvgIpc) is 1.32. The fourth-order valence-electron chi connectivity index (χ4n) is 8.15. The molecular formula is C59H38. The molecule has 0 saturated heterocycles. The van der Waals surface area contributed by atoms with Crippen molar-refractivity contribution in [3.8, 4) is 55.6 Å². The van der Waals surface area contributed by atoms with Gasteiger partial charge in [0.1, 0.15) is 0 Å². The van der Waals surface area contributed by atoms with E-state index in [1.165, 1.54) is 0 Å². The van der Waals surface area contributed by atoms with Gasteiger partial charge in [0.15, 0.2) is 0 Å². The van der Waals surface area contributed by atoms with Crippen molar-refractivity contribution >= 4 is 64.6 Å². The van der Waals surface area contributed by atoms with Crippen molar-refractivity contribution in [1.82, 2.24) is 0 Å². The van der Waals surface area contributed by atoms with Gasteiger partial charge in [-0.05, 0) is 150 Å². The summed E-state index contributed by atoms with van der Waals surface area (Å²) in [6, 6.07) is -33.0. The maximum atomic E-state index is 10.8. The first-order valence-corrected chi connectivity index (χ1v) is 17.8. The lowest BCUT2D eigenvalue weighted by molar-refractivity contribution is 0.660. The van der Waals surface area contributed by atoms with E-state index >= 15 is 0 Å². The van der Waals surface area contributed by atoms with Crippen molar-refractivity contribution in [3.63, 3.8) is 0 Å². The van der Waals surface area contributed by atoms with Gasteiger partial charge in [0.25, 0.3) is 0 Å². The molecule has 0 heterocycles. The maximum absolute atomic E-state index is 10.8. The Bertz CT molecular complexity index is 5670. The molecule has 1 aliphatic carbocycles. The second-order valence-electron chi connectivity index (χ2n) is 13.8. The summed E-state index contributed by atoms with van der Waals surface area (Å²) in [6.45, 7) is -8.21. The van der Waals surface area contributed by atoms with E-state index in [1.807, 2.05) is 0 Å². The number of rotatable bonds is 4. The predicted octanol–water partition coefficient (Wildman–Crippen LogP) is 16.5. The minimum atomic E-state index is -4.10. The molecule has 12 aromatic carbocycles. The van der Waals surface area contributed by atoms with Crippen LogP contribution in [0.25, 0.3) is 120 Å². The molecule has 0 aromatic heterocycles. The first-order valence-electron chi connectivity index (χ1n) is 36.3. The summed E-state index contributed by atoms with van der Waals surface area (Å²) in [5.41, 5.74) is -17.7. The zero-order chi connectivity index (χ0) is 71.0. The van der Waals surface area contributed by atoms with Gasteiger partial charge in [-0.15, -0.1) is 0 Å². The average molecular weight is 784 g/mol. The molecule has 0 aliphatic heterocycles. The summed E-state index contributed by atoms with van der Waals surface area (Å²) >= 11 is 0. The molecule has 13 rings (SSSR count). The van der Waals surface area contributed by atoms with Gasteiger partial charge in [-0.1, -0.05) is 189 Å². The highest BCUT2D eigenvalue weighted by Gasteiger charge is 2.35. The Labute approximate surface area is 395 Å². The van der Waals surface area contributed by atoms with Crippen LogP contribution >= 0.6 is 0 Å². The third kappa shape index (κ3) is 4.55. The maximum Gasteiger partial charge on any atom is 0.0636 e. The molecule has 0 bridgehead atoms. The lowest BCUT2D eigenvalue weighted by Crippen LogP contribution is -2.14. The van der Waals surface area contributed by atoms with E-state index in [0.29, 0.717) is 0 Å². The van der Waals surface area contributed by atoms with E-state index in [-0.39, 0.29) is 0 Å². The van der Waals surface area contributed by atoms with Crippen LogP contribution in [0.2, 0.25) is 0 Å². The van der Waals surface area contributed by atoms with Crippen LogP contribution in [0.15, 0.2) is 193 Å². The summed E-state index contributed by atoms with van der Waals surface area (Å²) in [4.78, 5) is 0. The molecule has 0 fully saturated rings. The smallest absolute Gasteiger partial charge is 0.0622 e. The van der Waals surface area contributed by atoms with Gasteiger partial charge in [-0.2, -0.15) is 0 Å². The van der Waals surface area contributed by atoms with Crippen LogP contribution < -0.4 is 0 Å². The van der Waals surface area contributed by atoms with Crippen LogP contribution in [0.5, 0.6) is 0 Å². The molecule has 0 spiro atoms. The molecule has 0 radical (unpaired) electrons. The Balaban J connectivity index is 1.42. The highest BCUT2D eigenvalue weighted by molar-refractivity contribution is 6.27. The van der Waals surface area contributed by atoms with Gasteiger partial charge in [0.05, 0.1) is 42.5 Å². The van der Waals surface area contributed by atoms with E-state index in [2.05, 4.69) is 0 Å². The second kappa shape index (κ2) is 11.9. The minimum Gasteiger partial charge on any atom is -0.0622 e. The van der Waals surface area contributed by atoms with Crippen molar-refractivity contribution in [2.45, 2.75) is 19.1 Å². The second-order valence-corrected chi connectivity index (χ2v) is 13.8. The Kier molecular flexibility index (Phi) is 2.64. The molecule has 0 atom stereocenters. The number of benzene rings is 12. The van der Waals surface area contributed by atoms with Gasteiger partial charge in [0, 0.05) is 13.6 Å². The molecule has 0 amide bonds. The van der Waals surface area contributed by atoms with E-state index in [4.69, 9.17) is 27.4 Å². The third-order valence-corrected chi connectivity index (χ3v) is 10.7. The summed E-state index contributed by atoms with van der Waals surface area (Å²) < 4.78 is 348. The lowest BCUT2D eigenvalue weighted by atomic mass is 9.79. The molecule has 12 aromatic rings. The normalized spacial score (nSPS) is 22.7. The van der Waals surface area contributed by atoms with Gasteiger partial charge < -0.3 is 0 Å². The summed E-state index contributed by atoms with van der Waals surface area (Å²) in [7, 11) is 0. The van der Waals surface area contributed by atoms with Crippen molar-refractivity contribution < 1.29 is 50.7 Å². The third-order valence-electron chi connectivity index (χ3n) is 10.7.